The van der Waals surface area contributed by atoms with Crippen molar-refractivity contribution in [2.24, 2.45) is 0 Å². The molecular weight excluding hydrogens is 378 g/mol. The van der Waals surface area contributed by atoms with Crippen LogP contribution < -0.4 is 10.6 Å². The first kappa shape index (κ1) is 18.3. The molecule has 0 bridgehead atoms. The van der Waals surface area contributed by atoms with Crippen molar-refractivity contribution in [1.82, 2.24) is 10.2 Å². The number of benzene rings is 2. The Morgan fingerprint density at radius 1 is 1.19 bits per heavy atom. The third kappa shape index (κ3) is 4.99. The Hall–Kier alpha value is -2.52. The summed E-state index contributed by atoms with van der Waals surface area (Å²) in [5.74, 6) is -1.89. The molecule has 9 heteroatoms. The lowest BCUT2D eigenvalue weighted by molar-refractivity contribution is -0.113. The summed E-state index contributed by atoms with van der Waals surface area (Å²) < 4.78 is 27.0. The maximum Gasteiger partial charge on any atom is 0.234 e. The van der Waals surface area contributed by atoms with Gasteiger partial charge in [-0.3, -0.25) is 4.79 Å². The number of hydrogen-bond donors (Lipinski definition) is 2. The third-order valence-electron chi connectivity index (χ3n) is 3.21. The Morgan fingerprint density at radius 2 is 2.04 bits per heavy atom. The summed E-state index contributed by atoms with van der Waals surface area (Å²) in [5.41, 5.74) is 1.97. The maximum atomic E-state index is 13.5. The molecule has 1 heterocycles. The maximum absolute atomic E-state index is 13.5. The Balaban J connectivity index is 1.53. The van der Waals surface area contributed by atoms with Crippen LogP contribution >= 0.6 is 23.1 Å². The van der Waals surface area contributed by atoms with Gasteiger partial charge in [-0.15, -0.1) is 10.2 Å². The average molecular weight is 392 g/mol. The minimum atomic E-state index is -0.816. The van der Waals surface area contributed by atoms with Crippen LogP contribution in [0.15, 0.2) is 46.8 Å². The molecule has 5 nitrogen and oxygen atoms in total. The molecule has 0 saturated heterocycles. The number of amides is 1. The minimum absolute atomic E-state index is 0.0376. The van der Waals surface area contributed by atoms with Gasteiger partial charge in [0.05, 0.1) is 11.4 Å². The second-order valence-corrected chi connectivity index (χ2v) is 7.53. The highest BCUT2D eigenvalue weighted by molar-refractivity contribution is 8.01. The Bertz CT molecular complexity index is 933. The number of anilines is 3. The molecule has 0 spiro atoms. The van der Waals surface area contributed by atoms with Gasteiger partial charge in [0.2, 0.25) is 11.0 Å². The number of hydrogen-bond acceptors (Lipinski definition) is 6. The summed E-state index contributed by atoms with van der Waals surface area (Å²) >= 11 is 2.50. The van der Waals surface area contributed by atoms with Gasteiger partial charge in [-0.2, -0.15) is 0 Å². The van der Waals surface area contributed by atoms with Gasteiger partial charge in [0.25, 0.3) is 0 Å². The van der Waals surface area contributed by atoms with Crippen molar-refractivity contribution in [2.45, 2.75) is 11.3 Å². The molecule has 134 valence electrons. The lowest BCUT2D eigenvalue weighted by atomic mass is 10.2. The van der Waals surface area contributed by atoms with Gasteiger partial charge in [-0.05, 0) is 36.8 Å². The van der Waals surface area contributed by atoms with Gasteiger partial charge < -0.3 is 10.6 Å². The highest BCUT2D eigenvalue weighted by Crippen LogP contribution is 2.28. The first-order valence-corrected chi connectivity index (χ1v) is 9.35. The van der Waals surface area contributed by atoms with Crippen LogP contribution in [0.3, 0.4) is 0 Å². The number of carbonyl (C=O) groups excluding carboxylic acids is 1. The highest BCUT2D eigenvalue weighted by atomic mass is 32.2. The van der Waals surface area contributed by atoms with E-state index in [0.717, 1.165) is 23.4 Å². The standard InChI is InChI=1S/C17H14F2N4OS2/c1-10-3-2-4-12(7-10)20-16-22-23-17(26-16)25-9-15(24)21-14-6-5-11(18)8-13(14)19/h2-8H,9H2,1H3,(H,20,22)(H,21,24). The monoisotopic (exact) mass is 392 g/mol. The largest absolute Gasteiger partial charge is 0.330 e. The van der Waals surface area contributed by atoms with Crippen LogP contribution in [0.25, 0.3) is 0 Å². The van der Waals surface area contributed by atoms with Crippen molar-refractivity contribution in [3.05, 3.63) is 59.7 Å². The molecule has 1 aromatic heterocycles. The molecule has 3 aromatic rings. The molecule has 0 atom stereocenters. The Kier molecular flexibility index (Phi) is 5.79. The number of aromatic nitrogens is 2. The van der Waals surface area contributed by atoms with Crippen LogP contribution in [0.5, 0.6) is 0 Å². The smallest absolute Gasteiger partial charge is 0.234 e. The molecule has 0 aliphatic rings. The molecule has 1 amide bonds. The summed E-state index contributed by atoms with van der Waals surface area (Å²) in [6.07, 6.45) is 0. The number of aryl methyl sites for hydroxylation is 1. The van der Waals surface area contributed by atoms with Gasteiger partial charge in [0, 0.05) is 11.8 Å². The lowest BCUT2D eigenvalue weighted by Gasteiger charge is -2.05. The first-order chi connectivity index (χ1) is 12.5. The minimum Gasteiger partial charge on any atom is -0.330 e. The fraction of sp³-hybridized carbons (Fsp3) is 0.118. The van der Waals surface area contributed by atoms with E-state index < -0.39 is 17.5 Å². The molecule has 26 heavy (non-hydrogen) atoms. The van der Waals surface area contributed by atoms with Gasteiger partial charge in [0.15, 0.2) is 4.34 Å². The molecular formula is C17H14F2N4OS2. The normalized spacial score (nSPS) is 10.6. The number of nitrogens with one attached hydrogen (secondary N) is 2. The number of halogens is 2. The molecule has 0 aliphatic heterocycles. The fourth-order valence-corrected chi connectivity index (χ4v) is 3.64. The Morgan fingerprint density at radius 3 is 2.81 bits per heavy atom. The average Bonchev–Trinajstić information content (AvgIpc) is 3.03. The van der Waals surface area contributed by atoms with Crippen molar-refractivity contribution in [3.8, 4) is 0 Å². The van der Waals surface area contributed by atoms with Crippen LogP contribution in [-0.2, 0) is 4.79 Å². The molecule has 0 fully saturated rings. The third-order valence-corrected chi connectivity index (χ3v) is 5.18. The van der Waals surface area contributed by atoms with Crippen molar-refractivity contribution in [3.63, 3.8) is 0 Å². The summed E-state index contributed by atoms with van der Waals surface area (Å²) in [4.78, 5) is 11.9. The predicted octanol–water partition coefficient (Wildman–Crippen LogP) is 4.60. The van der Waals surface area contributed by atoms with Crippen molar-refractivity contribution in [2.75, 3.05) is 16.4 Å². The summed E-state index contributed by atoms with van der Waals surface area (Å²) in [5, 5.41) is 14.2. The fourth-order valence-electron chi connectivity index (χ4n) is 2.07. The van der Waals surface area contributed by atoms with Gasteiger partial charge in [-0.1, -0.05) is 35.2 Å². The molecule has 0 radical (unpaired) electrons. The van der Waals surface area contributed by atoms with E-state index in [1.807, 2.05) is 31.2 Å². The van der Waals surface area contributed by atoms with Crippen molar-refractivity contribution < 1.29 is 13.6 Å². The van der Waals surface area contributed by atoms with E-state index in [9.17, 15) is 13.6 Å². The quantitative estimate of drug-likeness (QED) is 0.600. The predicted molar refractivity (Wildman–Crippen MR) is 100 cm³/mol. The van der Waals surface area contributed by atoms with E-state index in [2.05, 4.69) is 20.8 Å². The zero-order valence-corrected chi connectivity index (χ0v) is 15.3. The van der Waals surface area contributed by atoms with E-state index in [1.54, 1.807) is 0 Å². The lowest BCUT2D eigenvalue weighted by Crippen LogP contribution is -2.15. The zero-order valence-electron chi connectivity index (χ0n) is 13.6. The molecule has 2 N–H and O–H groups in total. The van der Waals surface area contributed by atoms with Crippen molar-refractivity contribution >= 4 is 45.5 Å². The molecule has 0 aliphatic carbocycles. The number of carbonyl (C=O) groups is 1. The molecule has 2 aromatic carbocycles. The van der Waals surface area contributed by atoms with E-state index in [0.29, 0.717) is 9.47 Å². The number of thioether (sulfide) groups is 1. The number of rotatable bonds is 6. The van der Waals surface area contributed by atoms with Crippen molar-refractivity contribution in [1.29, 1.82) is 0 Å². The number of nitrogens with zero attached hydrogens (tertiary/aromatic N) is 2. The molecule has 0 unspecified atom stereocenters. The zero-order chi connectivity index (χ0) is 18.5. The molecule has 0 saturated carbocycles. The first-order valence-electron chi connectivity index (χ1n) is 7.54. The highest BCUT2D eigenvalue weighted by Gasteiger charge is 2.11. The van der Waals surface area contributed by atoms with Crippen LogP contribution in [-0.4, -0.2) is 21.9 Å². The second-order valence-electron chi connectivity index (χ2n) is 5.33. The SMILES string of the molecule is Cc1cccc(Nc2nnc(SCC(=O)Nc3ccc(F)cc3F)s2)c1. The van der Waals surface area contributed by atoms with E-state index in [1.165, 1.54) is 29.2 Å². The van der Waals surface area contributed by atoms with Crippen LogP contribution in [0.4, 0.5) is 25.3 Å². The van der Waals surface area contributed by atoms with Crippen LogP contribution in [0.1, 0.15) is 5.56 Å². The second kappa shape index (κ2) is 8.24. The molecule has 3 rings (SSSR count). The van der Waals surface area contributed by atoms with E-state index >= 15 is 0 Å². The van der Waals surface area contributed by atoms with E-state index in [-0.39, 0.29) is 11.4 Å². The van der Waals surface area contributed by atoms with Crippen LogP contribution in [0.2, 0.25) is 0 Å². The Labute approximate surface area is 156 Å². The summed E-state index contributed by atoms with van der Waals surface area (Å²) in [6, 6.07) is 10.8. The summed E-state index contributed by atoms with van der Waals surface area (Å²) in [7, 11) is 0. The summed E-state index contributed by atoms with van der Waals surface area (Å²) in [6.45, 7) is 2.00. The van der Waals surface area contributed by atoms with E-state index in [4.69, 9.17) is 0 Å². The van der Waals surface area contributed by atoms with Gasteiger partial charge in [0.1, 0.15) is 11.6 Å². The topological polar surface area (TPSA) is 66.9 Å². The van der Waals surface area contributed by atoms with Gasteiger partial charge in [-0.25, -0.2) is 8.78 Å². The van der Waals surface area contributed by atoms with Gasteiger partial charge >= 0.3 is 0 Å². The van der Waals surface area contributed by atoms with Crippen LogP contribution in [0, 0.1) is 18.6 Å².